The molecule has 0 saturated carbocycles. The quantitative estimate of drug-likeness (QED) is 0.770. The largest absolute Gasteiger partial charge is 0.340 e. The van der Waals surface area contributed by atoms with E-state index in [0.717, 1.165) is 11.1 Å². The molecule has 0 aliphatic rings. The van der Waals surface area contributed by atoms with Crippen LogP contribution in [0.2, 0.25) is 0 Å². The number of hydrogen-bond donors (Lipinski definition) is 2. The number of nitrogens with zero attached hydrogens (tertiary/aromatic N) is 2. The molecule has 0 saturated heterocycles. The Balaban J connectivity index is 1.86. The number of hydrogen-bond acceptors (Lipinski definition) is 6. The van der Waals surface area contributed by atoms with Crippen LogP contribution in [0, 0.1) is 6.92 Å². The molecule has 114 valence electrons. The number of aryl methyl sites for hydroxylation is 1. The van der Waals surface area contributed by atoms with E-state index in [0.29, 0.717) is 24.7 Å². The number of benzene rings is 1. The van der Waals surface area contributed by atoms with Crippen molar-refractivity contribution in [2.75, 3.05) is 6.54 Å². The van der Waals surface area contributed by atoms with E-state index in [9.17, 15) is 8.42 Å². The van der Waals surface area contributed by atoms with Gasteiger partial charge in [0, 0.05) is 26.4 Å². The second kappa shape index (κ2) is 6.79. The van der Waals surface area contributed by atoms with Crippen LogP contribution in [0.4, 0.5) is 0 Å². The van der Waals surface area contributed by atoms with Gasteiger partial charge in [0.1, 0.15) is 0 Å². The molecule has 1 aromatic heterocycles. The van der Waals surface area contributed by atoms with Crippen molar-refractivity contribution in [2.45, 2.75) is 25.6 Å². The summed E-state index contributed by atoms with van der Waals surface area (Å²) in [7, 11) is -3.38. The topological polar surface area (TPSA) is 111 Å². The molecule has 0 aliphatic heterocycles. The standard InChI is InChI=1S/C13H18N4O3S/c1-10-16-13(17-20-10)6-7-15-21(18,19)9-12-4-2-11(8-14)3-5-12/h2-5,15H,6-9,14H2,1H3. The third-order valence-electron chi connectivity index (χ3n) is 2.86. The molecule has 1 aromatic carbocycles. The lowest BCUT2D eigenvalue weighted by Gasteiger charge is -2.06. The number of aromatic nitrogens is 2. The van der Waals surface area contributed by atoms with Crippen molar-refractivity contribution in [2.24, 2.45) is 5.73 Å². The zero-order valence-electron chi connectivity index (χ0n) is 11.7. The Kier molecular flexibility index (Phi) is 5.05. The molecule has 0 amide bonds. The van der Waals surface area contributed by atoms with Gasteiger partial charge >= 0.3 is 0 Å². The van der Waals surface area contributed by atoms with Crippen LogP contribution in [-0.4, -0.2) is 25.1 Å². The lowest BCUT2D eigenvalue weighted by molar-refractivity contribution is 0.387. The third-order valence-corrected chi connectivity index (χ3v) is 4.21. The van der Waals surface area contributed by atoms with E-state index in [4.69, 9.17) is 10.3 Å². The average Bonchev–Trinajstić information content (AvgIpc) is 2.84. The molecule has 8 heteroatoms. The summed E-state index contributed by atoms with van der Waals surface area (Å²) >= 11 is 0. The number of rotatable bonds is 7. The van der Waals surface area contributed by atoms with Gasteiger partial charge in [-0.15, -0.1) is 0 Å². The maximum Gasteiger partial charge on any atom is 0.223 e. The summed E-state index contributed by atoms with van der Waals surface area (Å²) < 4.78 is 31.2. The zero-order chi connectivity index (χ0) is 15.3. The molecular weight excluding hydrogens is 292 g/mol. The first kappa shape index (κ1) is 15.6. The van der Waals surface area contributed by atoms with Crippen LogP contribution < -0.4 is 10.5 Å². The van der Waals surface area contributed by atoms with Crippen LogP contribution in [0.3, 0.4) is 0 Å². The van der Waals surface area contributed by atoms with Gasteiger partial charge in [-0.2, -0.15) is 4.98 Å². The minimum absolute atomic E-state index is 0.0663. The maximum absolute atomic E-state index is 11.9. The molecule has 1 heterocycles. The first-order valence-electron chi connectivity index (χ1n) is 6.53. The molecule has 0 radical (unpaired) electrons. The van der Waals surface area contributed by atoms with E-state index < -0.39 is 10.0 Å². The van der Waals surface area contributed by atoms with Gasteiger partial charge in [-0.05, 0) is 11.1 Å². The fourth-order valence-electron chi connectivity index (χ4n) is 1.80. The summed E-state index contributed by atoms with van der Waals surface area (Å²) in [6, 6.07) is 7.19. The highest BCUT2D eigenvalue weighted by Crippen LogP contribution is 2.07. The summed E-state index contributed by atoms with van der Waals surface area (Å²) in [6.45, 7) is 2.36. The van der Waals surface area contributed by atoms with Gasteiger partial charge in [0.15, 0.2) is 5.82 Å². The number of nitrogens with one attached hydrogen (secondary N) is 1. The summed E-state index contributed by atoms with van der Waals surface area (Å²) in [6.07, 6.45) is 0.392. The van der Waals surface area contributed by atoms with Crippen LogP contribution in [0.15, 0.2) is 28.8 Å². The van der Waals surface area contributed by atoms with E-state index in [-0.39, 0.29) is 12.3 Å². The van der Waals surface area contributed by atoms with Crippen LogP contribution in [0.25, 0.3) is 0 Å². The Hall–Kier alpha value is -1.77. The van der Waals surface area contributed by atoms with Gasteiger partial charge in [-0.1, -0.05) is 29.4 Å². The van der Waals surface area contributed by atoms with E-state index in [1.165, 1.54) is 0 Å². The van der Waals surface area contributed by atoms with Crippen LogP contribution in [0.1, 0.15) is 22.8 Å². The van der Waals surface area contributed by atoms with Gasteiger partial charge in [0.25, 0.3) is 0 Å². The highest BCUT2D eigenvalue weighted by molar-refractivity contribution is 7.88. The molecule has 0 unspecified atom stereocenters. The minimum atomic E-state index is -3.38. The van der Waals surface area contributed by atoms with E-state index >= 15 is 0 Å². The Bertz CT molecular complexity index is 680. The molecule has 3 N–H and O–H groups in total. The first-order chi connectivity index (χ1) is 9.98. The predicted octanol–water partition coefficient (Wildman–Crippen LogP) is 0.499. The van der Waals surface area contributed by atoms with Gasteiger partial charge < -0.3 is 10.3 Å². The zero-order valence-corrected chi connectivity index (χ0v) is 12.6. The second-order valence-corrected chi connectivity index (χ2v) is 6.46. The van der Waals surface area contributed by atoms with Gasteiger partial charge in [0.05, 0.1) is 5.75 Å². The van der Waals surface area contributed by atoms with Crippen molar-refractivity contribution < 1.29 is 12.9 Å². The van der Waals surface area contributed by atoms with Crippen molar-refractivity contribution in [1.82, 2.24) is 14.9 Å². The monoisotopic (exact) mass is 310 g/mol. The highest BCUT2D eigenvalue weighted by Gasteiger charge is 2.12. The van der Waals surface area contributed by atoms with E-state index in [2.05, 4.69) is 14.9 Å². The van der Waals surface area contributed by atoms with Gasteiger partial charge in [-0.25, -0.2) is 13.1 Å². The first-order valence-corrected chi connectivity index (χ1v) is 8.18. The summed E-state index contributed by atoms with van der Waals surface area (Å²) in [5.74, 6) is 0.888. The highest BCUT2D eigenvalue weighted by atomic mass is 32.2. The molecule has 0 atom stereocenters. The maximum atomic E-state index is 11.9. The summed E-state index contributed by atoms with van der Waals surface area (Å²) in [4.78, 5) is 4.01. The Morgan fingerprint density at radius 1 is 1.24 bits per heavy atom. The Morgan fingerprint density at radius 3 is 2.48 bits per heavy atom. The van der Waals surface area contributed by atoms with Crippen LogP contribution >= 0.6 is 0 Å². The van der Waals surface area contributed by atoms with Crippen molar-refractivity contribution in [3.63, 3.8) is 0 Å². The number of nitrogens with two attached hydrogens (primary N) is 1. The fraction of sp³-hybridized carbons (Fsp3) is 0.385. The lowest BCUT2D eigenvalue weighted by Crippen LogP contribution is -2.27. The molecule has 0 fully saturated rings. The predicted molar refractivity (Wildman–Crippen MR) is 77.7 cm³/mol. The fourth-order valence-corrected chi connectivity index (χ4v) is 2.95. The van der Waals surface area contributed by atoms with Crippen LogP contribution in [-0.2, 0) is 28.7 Å². The van der Waals surface area contributed by atoms with E-state index in [1.807, 2.05) is 12.1 Å². The SMILES string of the molecule is Cc1nc(CCNS(=O)(=O)Cc2ccc(CN)cc2)no1. The summed E-state index contributed by atoms with van der Waals surface area (Å²) in [5, 5.41) is 3.71. The minimum Gasteiger partial charge on any atom is -0.340 e. The lowest BCUT2D eigenvalue weighted by atomic mass is 10.1. The average molecular weight is 310 g/mol. The third kappa shape index (κ3) is 4.92. The van der Waals surface area contributed by atoms with Crippen molar-refractivity contribution >= 4 is 10.0 Å². The molecule has 0 spiro atoms. The van der Waals surface area contributed by atoms with Crippen LogP contribution in [0.5, 0.6) is 0 Å². The Morgan fingerprint density at radius 2 is 1.90 bits per heavy atom. The van der Waals surface area contributed by atoms with E-state index in [1.54, 1.807) is 19.1 Å². The normalized spacial score (nSPS) is 11.7. The molecule has 2 rings (SSSR count). The van der Waals surface area contributed by atoms with Gasteiger partial charge in [-0.3, -0.25) is 0 Å². The molecular formula is C13H18N4O3S. The van der Waals surface area contributed by atoms with Crippen molar-refractivity contribution in [1.29, 1.82) is 0 Å². The van der Waals surface area contributed by atoms with Crippen molar-refractivity contribution in [3.05, 3.63) is 47.1 Å². The molecule has 2 aromatic rings. The molecule has 21 heavy (non-hydrogen) atoms. The second-order valence-electron chi connectivity index (χ2n) is 4.65. The number of sulfonamides is 1. The summed E-state index contributed by atoms with van der Waals surface area (Å²) in [5.41, 5.74) is 7.19. The molecule has 0 aliphatic carbocycles. The molecule has 0 bridgehead atoms. The van der Waals surface area contributed by atoms with Gasteiger partial charge in [0.2, 0.25) is 15.9 Å². The smallest absolute Gasteiger partial charge is 0.223 e. The Labute approximate surface area is 123 Å². The van der Waals surface area contributed by atoms with Crippen molar-refractivity contribution in [3.8, 4) is 0 Å². The molecule has 7 nitrogen and oxygen atoms in total.